The SMILES string of the molecule is CCCCOc1ccc(C(=O)Nc2sc3c(c2C(=O)NC)CC[C@H](C)C3)cc1. The number of amides is 2. The summed E-state index contributed by atoms with van der Waals surface area (Å²) in [5.74, 6) is 1.02. The van der Waals surface area contributed by atoms with Gasteiger partial charge in [-0.3, -0.25) is 9.59 Å². The maximum absolute atomic E-state index is 12.7. The first kappa shape index (κ1) is 20.4. The second kappa shape index (κ2) is 9.24. The molecule has 0 aliphatic heterocycles. The topological polar surface area (TPSA) is 67.4 Å². The molecule has 1 aromatic heterocycles. The predicted molar refractivity (Wildman–Crippen MR) is 114 cm³/mol. The van der Waals surface area contributed by atoms with Crippen LogP contribution < -0.4 is 15.4 Å². The molecule has 2 aromatic rings. The molecule has 150 valence electrons. The van der Waals surface area contributed by atoms with Gasteiger partial charge < -0.3 is 15.4 Å². The summed E-state index contributed by atoms with van der Waals surface area (Å²) in [6.07, 6.45) is 5.00. The molecule has 0 spiro atoms. The second-order valence-electron chi connectivity index (χ2n) is 7.32. The lowest BCUT2D eigenvalue weighted by molar-refractivity contribution is 0.0963. The Labute approximate surface area is 170 Å². The molecule has 28 heavy (non-hydrogen) atoms. The summed E-state index contributed by atoms with van der Waals surface area (Å²) < 4.78 is 5.65. The Kier molecular flexibility index (Phi) is 6.73. The van der Waals surface area contributed by atoms with E-state index in [1.807, 2.05) is 12.1 Å². The summed E-state index contributed by atoms with van der Waals surface area (Å²) in [7, 11) is 1.63. The number of carbonyl (C=O) groups is 2. The maximum atomic E-state index is 12.7. The molecule has 0 bridgehead atoms. The van der Waals surface area contributed by atoms with Crippen molar-refractivity contribution in [2.75, 3.05) is 19.0 Å². The van der Waals surface area contributed by atoms with Crippen molar-refractivity contribution in [1.29, 1.82) is 0 Å². The fourth-order valence-electron chi connectivity index (χ4n) is 3.42. The van der Waals surface area contributed by atoms with Gasteiger partial charge in [0, 0.05) is 17.5 Å². The molecular weight excluding hydrogens is 372 g/mol. The monoisotopic (exact) mass is 400 g/mol. The highest BCUT2D eigenvalue weighted by Crippen LogP contribution is 2.39. The molecule has 1 aliphatic rings. The molecule has 5 nitrogen and oxygen atoms in total. The van der Waals surface area contributed by atoms with Gasteiger partial charge in [0.25, 0.3) is 11.8 Å². The van der Waals surface area contributed by atoms with Crippen molar-refractivity contribution in [2.24, 2.45) is 5.92 Å². The zero-order valence-corrected chi connectivity index (χ0v) is 17.6. The van der Waals surface area contributed by atoms with Gasteiger partial charge in [-0.15, -0.1) is 11.3 Å². The van der Waals surface area contributed by atoms with Gasteiger partial charge in [-0.2, -0.15) is 0 Å². The van der Waals surface area contributed by atoms with Crippen LogP contribution in [0.4, 0.5) is 5.00 Å². The lowest BCUT2D eigenvalue weighted by Gasteiger charge is -2.18. The number of ether oxygens (including phenoxy) is 1. The molecule has 1 aromatic carbocycles. The van der Waals surface area contributed by atoms with Gasteiger partial charge >= 0.3 is 0 Å². The van der Waals surface area contributed by atoms with Crippen LogP contribution in [0.15, 0.2) is 24.3 Å². The number of hydrogen-bond donors (Lipinski definition) is 2. The van der Waals surface area contributed by atoms with Gasteiger partial charge in [0.05, 0.1) is 12.2 Å². The summed E-state index contributed by atoms with van der Waals surface area (Å²) in [4.78, 5) is 26.4. The third kappa shape index (κ3) is 4.55. The molecule has 0 radical (unpaired) electrons. The number of hydrogen-bond acceptors (Lipinski definition) is 4. The van der Waals surface area contributed by atoms with E-state index in [9.17, 15) is 9.59 Å². The number of thiophene rings is 1. The summed E-state index contributed by atoms with van der Waals surface area (Å²) in [6.45, 7) is 5.02. The van der Waals surface area contributed by atoms with Crippen LogP contribution in [-0.2, 0) is 12.8 Å². The molecule has 3 rings (SSSR count). The second-order valence-corrected chi connectivity index (χ2v) is 8.42. The van der Waals surface area contributed by atoms with Gasteiger partial charge in [-0.1, -0.05) is 20.3 Å². The van der Waals surface area contributed by atoms with E-state index in [0.717, 1.165) is 43.4 Å². The zero-order valence-electron chi connectivity index (χ0n) is 16.8. The largest absolute Gasteiger partial charge is 0.494 e. The van der Waals surface area contributed by atoms with Gasteiger partial charge in [0.1, 0.15) is 10.8 Å². The summed E-state index contributed by atoms with van der Waals surface area (Å²) in [6, 6.07) is 7.13. The summed E-state index contributed by atoms with van der Waals surface area (Å²) >= 11 is 1.53. The molecule has 1 atom stereocenters. The average Bonchev–Trinajstić information content (AvgIpc) is 3.04. The van der Waals surface area contributed by atoms with E-state index >= 15 is 0 Å². The molecule has 0 saturated heterocycles. The highest BCUT2D eigenvalue weighted by Gasteiger charge is 2.28. The first-order valence-electron chi connectivity index (χ1n) is 9.94. The maximum Gasteiger partial charge on any atom is 0.256 e. The van der Waals surface area contributed by atoms with Crippen LogP contribution in [0.3, 0.4) is 0 Å². The van der Waals surface area contributed by atoms with Crippen molar-refractivity contribution >= 4 is 28.2 Å². The van der Waals surface area contributed by atoms with Crippen molar-refractivity contribution in [3.63, 3.8) is 0 Å². The van der Waals surface area contributed by atoms with Crippen LogP contribution in [-0.4, -0.2) is 25.5 Å². The normalized spacial score (nSPS) is 15.6. The molecule has 0 saturated carbocycles. The number of fused-ring (bicyclic) bond motifs is 1. The minimum absolute atomic E-state index is 0.137. The average molecular weight is 401 g/mol. The van der Waals surface area contributed by atoms with Crippen LogP contribution in [0, 0.1) is 5.92 Å². The van der Waals surface area contributed by atoms with E-state index in [1.54, 1.807) is 19.2 Å². The molecular formula is C22H28N2O3S. The Balaban J connectivity index is 1.77. The van der Waals surface area contributed by atoms with E-state index < -0.39 is 0 Å². The number of benzene rings is 1. The highest BCUT2D eigenvalue weighted by molar-refractivity contribution is 7.17. The fourth-order valence-corrected chi connectivity index (χ4v) is 4.82. The summed E-state index contributed by atoms with van der Waals surface area (Å²) in [5, 5.41) is 6.32. The van der Waals surface area contributed by atoms with Crippen molar-refractivity contribution in [3.05, 3.63) is 45.8 Å². The minimum atomic E-state index is -0.211. The number of anilines is 1. The Morgan fingerprint density at radius 2 is 1.96 bits per heavy atom. The van der Waals surface area contributed by atoms with Crippen molar-refractivity contribution in [2.45, 2.75) is 46.0 Å². The van der Waals surface area contributed by atoms with Crippen LogP contribution >= 0.6 is 11.3 Å². The molecule has 1 heterocycles. The number of rotatable bonds is 7. The van der Waals surface area contributed by atoms with E-state index in [-0.39, 0.29) is 11.8 Å². The predicted octanol–water partition coefficient (Wildman–Crippen LogP) is 4.66. The smallest absolute Gasteiger partial charge is 0.256 e. The molecule has 0 fully saturated rings. The van der Waals surface area contributed by atoms with Gasteiger partial charge in [-0.05, 0) is 61.4 Å². The number of carbonyl (C=O) groups excluding carboxylic acids is 2. The minimum Gasteiger partial charge on any atom is -0.494 e. The van der Waals surface area contributed by atoms with Crippen molar-refractivity contribution in [1.82, 2.24) is 5.32 Å². The van der Waals surface area contributed by atoms with Crippen LogP contribution in [0.2, 0.25) is 0 Å². The lowest BCUT2D eigenvalue weighted by Crippen LogP contribution is -2.22. The van der Waals surface area contributed by atoms with E-state index in [0.29, 0.717) is 28.7 Å². The quantitative estimate of drug-likeness (QED) is 0.664. The molecule has 2 N–H and O–H groups in total. The van der Waals surface area contributed by atoms with Crippen LogP contribution in [0.5, 0.6) is 5.75 Å². The van der Waals surface area contributed by atoms with E-state index in [4.69, 9.17) is 4.74 Å². The number of unbranched alkanes of at least 4 members (excludes halogenated alkanes) is 1. The summed E-state index contributed by atoms with van der Waals surface area (Å²) in [5.41, 5.74) is 2.27. The Bertz CT molecular complexity index is 842. The number of nitrogens with one attached hydrogen (secondary N) is 2. The van der Waals surface area contributed by atoms with Gasteiger partial charge in [0.2, 0.25) is 0 Å². The Hall–Kier alpha value is -2.34. The molecule has 1 aliphatic carbocycles. The van der Waals surface area contributed by atoms with E-state index in [2.05, 4.69) is 24.5 Å². The Morgan fingerprint density at radius 1 is 1.21 bits per heavy atom. The van der Waals surface area contributed by atoms with Crippen LogP contribution in [0.25, 0.3) is 0 Å². The van der Waals surface area contributed by atoms with Crippen molar-refractivity contribution < 1.29 is 14.3 Å². The fraction of sp³-hybridized carbons (Fsp3) is 0.455. The van der Waals surface area contributed by atoms with E-state index in [1.165, 1.54) is 16.2 Å². The first-order valence-corrected chi connectivity index (χ1v) is 10.8. The molecule has 0 unspecified atom stereocenters. The standard InChI is InChI=1S/C22H28N2O3S/c1-4-5-12-27-16-9-7-15(8-10-16)20(25)24-22-19(21(26)23-3)17-11-6-14(2)13-18(17)28-22/h7-10,14H,4-6,11-13H2,1-3H3,(H,23,26)(H,24,25)/t14-/m0/s1. The van der Waals surface area contributed by atoms with Gasteiger partial charge in [-0.25, -0.2) is 0 Å². The first-order chi connectivity index (χ1) is 13.5. The van der Waals surface area contributed by atoms with Crippen LogP contribution in [0.1, 0.15) is 64.3 Å². The Morgan fingerprint density at radius 3 is 2.64 bits per heavy atom. The van der Waals surface area contributed by atoms with Crippen molar-refractivity contribution in [3.8, 4) is 5.75 Å². The third-order valence-corrected chi connectivity index (χ3v) is 6.25. The third-order valence-electron chi connectivity index (χ3n) is 5.08. The zero-order chi connectivity index (χ0) is 20.1. The van der Waals surface area contributed by atoms with Gasteiger partial charge in [0.15, 0.2) is 0 Å². The molecule has 6 heteroatoms. The lowest BCUT2D eigenvalue weighted by atomic mass is 9.88. The molecule has 2 amide bonds. The highest BCUT2D eigenvalue weighted by atomic mass is 32.1.